The van der Waals surface area contributed by atoms with E-state index >= 15 is 0 Å². The third-order valence-electron chi connectivity index (χ3n) is 2.04. The smallest absolute Gasteiger partial charge is 0.150 e. The summed E-state index contributed by atoms with van der Waals surface area (Å²) in [6, 6.07) is 6.69. The van der Waals surface area contributed by atoms with Crippen molar-refractivity contribution in [1.29, 1.82) is 0 Å². The minimum absolute atomic E-state index is 0.242. The molecule has 1 aromatic carbocycles. The Kier molecular flexibility index (Phi) is 2.49. The van der Waals surface area contributed by atoms with Gasteiger partial charge in [-0.25, -0.2) is 4.98 Å². The molecule has 0 aliphatic carbocycles. The van der Waals surface area contributed by atoms with Crippen LogP contribution in [0.5, 0.6) is 5.75 Å². The second-order valence-corrected chi connectivity index (χ2v) is 3.17. The number of aliphatic imine (C=N–C) groups is 1. The number of rotatable bonds is 2. The first-order valence-corrected chi connectivity index (χ1v) is 4.56. The van der Waals surface area contributed by atoms with Gasteiger partial charge >= 0.3 is 0 Å². The number of imidazole rings is 1. The van der Waals surface area contributed by atoms with Crippen molar-refractivity contribution in [3.8, 4) is 5.75 Å². The van der Waals surface area contributed by atoms with Crippen molar-refractivity contribution in [2.75, 3.05) is 0 Å². The molecule has 0 aliphatic rings. The van der Waals surface area contributed by atoms with E-state index in [1.165, 1.54) is 0 Å². The molecule has 1 aromatic heterocycles. The van der Waals surface area contributed by atoms with Gasteiger partial charge in [-0.1, -0.05) is 0 Å². The van der Waals surface area contributed by atoms with E-state index in [0.29, 0.717) is 0 Å². The summed E-state index contributed by atoms with van der Waals surface area (Å²) in [4.78, 5) is 8.34. The molecule has 0 fully saturated rings. The molecule has 1 heterocycles. The molecule has 0 radical (unpaired) electrons. The van der Waals surface area contributed by atoms with Gasteiger partial charge in [0.25, 0.3) is 0 Å². The summed E-state index contributed by atoms with van der Waals surface area (Å²) < 4.78 is 1.88. The average Bonchev–Trinajstić information content (AvgIpc) is 2.63. The van der Waals surface area contributed by atoms with Crippen LogP contribution in [0.15, 0.2) is 41.7 Å². The van der Waals surface area contributed by atoms with E-state index in [-0.39, 0.29) is 5.75 Å². The van der Waals surface area contributed by atoms with Gasteiger partial charge in [0, 0.05) is 19.4 Å². The van der Waals surface area contributed by atoms with Gasteiger partial charge in [-0.05, 0) is 24.3 Å². The highest BCUT2D eigenvalue weighted by molar-refractivity contribution is 5.77. The lowest BCUT2D eigenvalue weighted by Crippen LogP contribution is -1.94. The topological polar surface area (TPSA) is 50.4 Å². The maximum absolute atomic E-state index is 9.08. The third-order valence-corrected chi connectivity index (χ3v) is 2.04. The van der Waals surface area contributed by atoms with Crippen molar-refractivity contribution in [2.45, 2.75) is 0 Å². The van der Waals surface area contributed by atoms with Crippen LogP contribution >= 0.6 is 0 Å². The normalized spacial score (nSPS) is 11.0. The molecule has 2 aromatic rings. The number of aromatic hydroxyl groups is 1. The van der Waals surface area contributed by atoms with Crippen molar-refractivity contribution in [3.63, 3.8) is 0 Å². The van der Waals surface area contributed by atoms with Crippen LogP contribution < -0.4 is 0 Å². The molecule has 4 nitrogen and oxygen atoms in total. The van der Waals surface area contributed by atoms with Crippen LogP contribution in [0.3, 0.4) is 0 Å². The zero-order valence-electron chi connectivity index (χ0n) is 8.33. The van der Waals surface area contributed by atoms with E-state index in [2.05, 4.69) is 9.98 Å². The Labute approximate surface area is 87.5 Å². The number of phenols is 1. The quantitative estimate of drug-likeness (QED) is 0.754. The van der Waals surface area contributed by atoms with Gasteiger partial charge in [0.2, 0.25) is 0 Å². The molecule has 0 atom stereocenters. The maximum atomic E-state index is 9.08. The Balaban J connectivity index is 2.19. The fourth-order valence-electron chi connectivity index (χ4n) is 1.17. The number of phenolic OH excluding ortho intramolecular Hbond substituents is 1. The molecule has 15 heavy (non-hydrogen) atoms. The molecule has 0 spiro atoms. The molecule has 0 amide bonds. The molecule has 76 valence electrons. The Morgan fingerprint density at radius 2 is 2.07 bits per heavy atom. The summed E-state index contributed by atoms with van der Waals surface area (Å²) in [6.07, 6.45) is 5.27. The summed E-state index contributed by atoms with van der Waals surface area (Å²) >= 11 is 0. The Hall–Kier alpha value is -2.10. The van der Waals surface area contributed by atoms with Crippen molar-refractivity contribution in [1.82, 2.24) is 9.55 Å². The highest BCUT2D eigenvalue weighted by Gasteiger charge is 1.93. The standard InChI is InChI=1S/C11H11N3O/c1-14-7-6-12-11(14)8-13-9-2-4-10(15)5-3-9/h2-8,15H,1H3. The molecule has 0 aliphatic heterocycles. The second kappa shape index (κ2) is 3.96. The highest BCUT2D eigenvalue weighted by atomic mass is 16.3. The van der Waals surface area contributed by atoms with Crippen molar-refractivity contribution >= 4 is 11.9 Å². The molecule has 0 saturated carbocycles. The Morgan fingerprint density at radius 1 is 1.33 bits per heavy atom. The fourth-order valence-corrected chi connectivity index (χ4v) is 1.17. The van der Waals surface area contributed by atoms with Crippen LogP contribution in [0.1, 0.15) is 5.82 Å². The van der Waals surface area contributed by atoms with Gasteiger partial charge in [0.05, 0.1) is 11.9 Å². The minimum Gasteiger partial charge on any atom is -0.508 e. The van der Waals surface area contributed by atoms with E-state index in [0.717, 1.165) is 11.5 Å². The van der Waals surface area contributed by atoms with E-state index < -0.39 is 0 Å². The van der Waals surface area contributed by atoms with Crippen LogP contribution in [0.4, 0.5) is 5.69 Å². The number of hydrogen-bond donors (Lipinski definition) is 1. The van der Waals surface area contributed by atoms with Gasteiger partial charge in [0.15, 0.2) is 5.82 Å². The molecule has 2 rings (SSSR count). The zero-order chi connectivity index (χ0) is 10.7. The Morgan fingerprint density at radius 3 is 2.67 bits per heavy atom. The fraction of sp³-hybridized carbons (Fsp3) is 0.0909. The summed E-state index contributed by atoms with van der Waals surface area (Å²) in [5.74, 6) is 1.04. The first-order chi connectivity index (χ1) is 7.25. The summed E-state index contributed by atoms with van der Waals surface area (Å²) in [6.45, 7) is 0. The molecule has 1 N–H and O–H groups in total. The third kappa shape index (κ3) is 2.22. The molecular formula is C11H11N3O. The van der Waals surface area contributed by atoms with Crippen LogP contribution in [0.2, 0.25) is 0 Å². The van der Waals surface area contributed by atoms with Gasteiger partial charge in [-0.2, -0.15) is 0 Å². The first kappa shape index (κ1) is 9.45. The number of aromatic nitrogens is 2. The summed E-state index contributed by atoms with van der Waals surface area (Å²) in [5, 5.41) is 9.08. The van der Waals surface area contributed by atoms with Crippen LogP contribution in [0.25, 0.3) is 0 Å². The van der Waals surface area contributed by atoms with Gasteiger partial charge < -0.3 is 9.67 Å². The largest absolute Gasteiger partial charge is 0.508 e. The molecule has 0 bridgehead atoms. The van der Waals surface area contributed by atoms with Crippen LogP contribution in [0, 0.1) is 0 Å². The van der Waals surface area contributed by atoms with Crippen molar-refractivity contribution in [2.24, 2.45) is 12.0 Å². The lowest BCUT2D eigenvalue weighted by molar-refractivity contribution is 0.475. The number of nitrogens with zero attached hydrogens (tertiary/aromatic N) is 3. The zero-order valence-corrected chi connectivity index (χ0v) is 8.33. The van der Waals surface area contributed by atoms with E-state index in [9.17, 15) is 0 Å². The predicted octanol–water partition coefficient (Wildman–Crippen LogP) is 1.88. The SMILES string of the molecule is Cn1ccnc1C=Nc1ccc(O)cc1. The van der Waals surface area contributed by atoms with Crippen molar-refractivity contribution < 1.29 is 5.11 Å². The molecular weight excluding hydrogens is 190 g/mol. The maximum Gasteiger partial charge on any atom is 0.150 e. The Bertz CT molecular complexity index is 471. The number of benzene rings is 1. The number of aryl methyl sites for hydroxylation is 1. The van der Waals surface area contributed by atoms with Crippen LogP contribution in [-0.4, -0.2) is 20.9 Å². The highest BCUT2D eigenvalue weighted by Crippen LogP contribution is 2.16. The molecule has 0 unspecified atom stereocenters. The molecule has 4 heteroatoms. The lowest BCUT2D eigenvalue weighted by atomic mass is 10.3. The van der Waals surface area contributed by atoms with Gasteiger partial charge in [-0.3, -0.25) is 4.99 Å². The second-order valence-electron chi connectivity index (χ2n) is 3.17. The van der Waals surface area contributed by atoms with Gasteiger partial charge in [0.1, 0.15) is 5.75 Å². The monoisotopic (exact) mass is 201 g/mol. The molecule has 0 saturated heterocycles. The van der Waals surface area contributed by atoms with E-state index in [1.54, 1.807) is 36.7 Å². The van der Waals surface area contributed by atoms with E-state index in [1.807, 2.05) is 17.8 Å². The predicted molar refractivity (Wildman–Crippen MR) is 58.6 cm³/mol. The van der Waals surface area contributed by atoms with E-state index in [4.69, 9.17) is 5.11 Å². The average molecular weight is 201 g/mol. The van der Waals surface area contributed by atoms with Crippen molar-refractivity contribution in [3.05, 3.63) is 42.5 Å². The lowest BCUT2D eigenvalue weighted by Gasteiger charge is -1.95. The van der Waals surface area contributed by atoms with Gasteiger partial charge in [-0.15, -0.1) is 0 Å². The summed E-state index contributed by atoms with van der Waals surface area (Å²) in [5.41, 5.74) is 0.788. The minimum atomic E-state index is 0.242. The first-order valence-electron chi connectivity index (χ1n) is 4.56. The van der Waals surface area contributed by atoms with Crippen LogP contribution in [-0.2, 0) is 7.05 Å². The number of hydrogen-bond acceptors (Lipinski definition) is 3. The summed E-state index contributed by atoms with van der Waals surface area (Å²) in [7, 11) is 1.91.